The van der Waals surface area contributed by atoms with Gasteiger partial charge in [-0.05, 0) is 25.1 Å². The molecule has 3 saturated heterocycles. The number of ether oxygens (including phenoxy) is 3. The number of hydrogen-bond acceptors (Lipinski definition) is 8. The Morgan fingerprint density at radius 1 is 1.17 bits per heavy atom. The largest absolute Gasteiger partial charge is 0.492 e. The monoisotopic (exact) mass is 460 g/mol. The van der Waals surface area contributed by atoms with Crippen molar-refractivity contribution in [3.05, 3.63) is 18.2 Å². The van der Waals surface area contributed by atoms with Gasteiger partial charge in [0.25, 0.3) is 0 Å². The Morgan fingerprint density at radius 3 is 2.40 bits per heavy atom. The number of anilines is 1. The van der Waals surface area contributed by atoms with Gasteiger partial charge in [-0.15, -0.1) is 0 Å². The van der Waals surface area contributed by atoms with Gasteiger partial charge in [-0.25, -0.2) is 21.1 Å². The maximum absolute atomic E-state index is 13.4. The van der Waals surface area contributed by atoms with Gasteiger partial charge in [0.15, 0.2) is 5.79 Å². The summed E-state index contributed by atoms with van der Waals surface area (Å²) < 4.78 is 70.2. The molecular weight excluding hydrogens is 436 g/mol. The van der Waals surface area contributed by atoms with Gasteiger partial charge < -0.3 is 14.2 Å². The summed E-state index contributed by atoms with van der Waals surface area (Å²) in [4.78, 5) is 12.0. The zero-order valence-electron chi connectivity index (χ0n) is 16.6. The lowest BCUT2D eigenvalue weighted by atomic mass is 10.1. The molecule has 0 atom stereocenters. The number of benzene rings is 1. The lowest BCUT2D eigenvalue weighted by molar-refractivity contribution is -0.179. The number of amides is 1. The van der Waals surface area contributed by atoms with Crippen LogP contribution in [-0.4, -0.2) is 71.5 Å². The first kappa shape index (κ1) is 21.5. The first-order valence-corrected chi connectivity index (χ1v) is 12.8. The normalized spacial score (nSPS) is 23.9. The Morgan fingerprint density at radius 2 is 1.83 bits per heavy atom. The topological polar surface area (TPSA) is 120 Å². The van der Waals surface area contributed by atoms with Gasteiger partial charge in [0.2, 0.25) is 26.0 Å². The van der Waals surface area contributed by atoms with E-state index in [-0.39, 0.29) is 48.2 Å². The van der Waals surface area contributed by atoms with Gasteiger partial charge >= 0.3 is 0 Å². The summed E-state index contributed by atoms with van der Waals surface area (Å²) in [5.74, 6) is -1.50. The van der Waals surface area contributed by atoms with Crippen LogP contribution in [0.2, 0.25) is 0 Å². The fourth-order valence-corrected chi connectivity index (χ4v) is 7.00. The molecule has 30 heavy (non-hydrogen) atoms. The molecule has 0 radical (unpaired) electrons. The van der Waals surface area contributed by atoms with Crippen molar-refractivity contribution in [1.29, 1.82) is 0 Å². The van der Waals surface area contributed by atoms with E-state index < -0.39 is 31.7 Å². The third-order valence-corrected chi connectivity index (χ3v) is 9.07. The van der Waals surface area contributed by atoms with Crippen LogP contribution in [0.3, 0.4) is 0 Å². The molecule has 12 heteroatoms. The molecule has 166 valence electrons. The molecule has 3 heterocycles. The molecule has 0 aliphatic carbocycles. The minimum absolute atomic E-state index is 0.00420. The Labute approximate surface area is 175 Å². The molecule has 1 amide bonds. The molecule has 0 aromatic heterocycles. The first-order valence-electron chi connectivity index (χ1n) is 9.79. The molecule has 0 bridgehead atoms. The highest BCUT2D eigenvalue weighted by Gasteiger charge is 2.44. The Kier molecular flexibility index (Phi) is 5.56. The van der Waals surface area contributed by atoms with Crippen molar-refractivity contribution in [3.8, 4) is 5.75 Å². The Hall–Kier alpha value is -1.73. The van der Waals surface area contributed by atoms with E-state index in [4.69, 9.17) is 14.2 Å². The summed E-state index contributed by atoms with van der Waals surface area (Å²) in [6.07, 6.45) is 0.662. The fraction of sp³-hybridized carbons (Fsp3) is 0.611. The average molecular weight is 461 g/mol. The van der Waals surface area contributed by atoms with E-state index >= 15 is 0 Å². The predicted molar refractivity (Wildman–Crippen MR) is 106 cm³/mol. The van der Waals surface area contributed by atoms with Gasteiger partial charge in [-0.2, -0.15) is 4.31 Å². The number of piperidine rings is 1. The van der Waals surface area contributed by atoms with Crippen LogP contribution in [0, 0.1) is 0 Å². The van der Waals surface area contributed by atoms with E-state index in [0.29, 0.717) is 30.4 Å². The van der Waals surface area contributed by atoms with Crippen LogP contribution in [0.1, 0.15) is 26.2 Å². The molecule has 4 rings (SSSR count). The molecule has 0 unspecified atom stereocenters. The molecular formula is C18H24N2O8S2. The van der Waals surface area contributed by atoms with Crippen LogP contribution in [0.4, 0.5) is 5.69 Å². The number of rotatable bonds is 5. The molecule has 1 spiro atoms. The van der Waals surface area contributed by atoms with E-state index in [1.807, 2.05) is 0 Å². The maximum atomic E-state index is 13.4. The number of sulfonamides is 2. The molecule has 0 N–H and O–H groups in total. The van der Waals surface area contributed by atoms with Crippen molar-refractivity contribution in [3.63, 3.8) is 0 Å². The zero-order chi connectivity index (χ0) is 21.6. The first-order chi connectivity index (χ1) is 14.2. The van der Waals surface area contributed by atoms with Gasteiger partial charge in [-0.1, -0.05) is 0 Å². The van der Waals surface area contributed by atoms with Crippen LogP contribution in [0.15, 0.2) is 23.1 Å². The standard InChI is InChI=1S/C18H24N2O8S2/c1-2-26-15-4-3-14(20-17(21)5-12-29(20,22)23)13-16(15)30(24,25)19-8-6-18(7-9-19)27-10-11-28-18/h3-4,13H,2,5-12H2,1H3. The summed E-state index contributed by atoms with van der Waals surface area (Å²) in [5, 5.41) is 0. The van der Waals surface area contributed by atoms with E-state index in [9.17, 15) is 21.6 Å². The average Bonchev–Trinajstić information content (AvgIpc) is 3.26. The number of hydrogen-bond donors (Lipinski definition) is 0. The summed E-state index contributed by atoms with van der Waals surface area (Å²) in [6.45, 7) is 3.31. The SMILES string of the molecule is CCOc1ccc(N2C(=O)CCS2(=O)=O)cc1S(=O)(=O)N1CCC2(CC1)OCCO2. The Balaban J connectivity index is 1.68. The summed E-state index contributed by atoms with van der Waals surface area (Å²) in [7, 11) is -7.82. The molecule has 1 aromatic rings. The quantitative estimate of drug-likeness (QED) is 0.629. The second-order valence-electron chi connectivity index (χ2n) is 7.30. The smallest absolute Gasteiger partial charge is 0.246 e. The molecule has 10 nitrogen and oxygen atoms in total. The van der Waals surface area contributed by atoms with Crippen molar-refractivity contribution >= 4 is 31.6 Å². The van der Waals surface area contributed by atoms with Crippen molar-refractivity contribution in [1.82, 2.24) is 4.31 Å². The van der Waals surface area contributed by atoms with Crippen molar-refractivity contribution in [2.45, 2.75) is 36.9 Å². The van der Waals surface area contributed by atoms with Crippen LogP contribution >= 0.6 is 0 Å². The van der Waals surface area contributed by atoms with E-state index in [0.717, 1.165) is 0 Å². The minimum atomic E-state index is -4.00. The van der Waals surface area contributed by atoms with Crippen LogP contribution in [-0.2, 0) is 34.3 Å². The van der Waals surface area contributed by atoms with Crippen molar-refractivity contribution in [2.24, 2.45) is 0 Å². The number of carbonyl (C=O) groups excluding carboxylic acids is 1. The number of nitrogens with zero attached hydrogens (tertiary/aromatic N) is 2. The second kappa shape index (κ2) is 7.75. The third-order valence-electron chi connectivity index (χ3n) is 5.46. The van der Waals surface area contributed by atoms with Gasteiger partial charge in [-0.3, -0.25) is 4.79 Å². The lowest BCUT2D eigenvalue weighted by Crippen LogP contribution is -2.47. The second-order valence-corrected chi connectivity index (χ2v) is 11.1. The van der Waals surface area contributed by atoms with Crippen LogP contribution in [0.5, 0.6) is 5.75 Å². The van der Waals surface area contributed by atoms with Crippen molar-refractivity contribution < 1.29 is 35.8 Å². The van der Waals surface area contributed by atoms with E-state index in [2.05, 4.69) is 0 Å². The fourth-order valence-electron chi connectivity index (χ4n) is 3.96. The lowest BCUT2D eigenvalue weighted by Gasteiger charge is -2.37. The molecule has 0 saturated carbocycles. The predicted octanol–water partition coefficient (Wildman–Crippen LogP) is 0.679. The highest BCUT2D eigenvalue weighted by molar-refractivity contribution is 7.94. The van der Waals surface area contributed by atoms with Crippen LogP contribution in [0.25, 0.3) is 0 Å². The van der Waals surface area contributed by atoms with Crippen LogP contribution < -0.4 is 9.04 Å². The van der Waals surface area contributed by atoms with Gasteiger partial charge in [0, 0.05) is 32.4 Å². The summed E-state index contributed by atoms with van der Waals surface area (Å²) in [6, 6.07) is 3.98. The van der Waals surface area contributed by atoms with E-state index in [1.54, 1.807) is 6.92 Å². The minimum Gasteiger partial charge on any atom is -0.492 e. The van der Waals surface area contributed by atoms with Crippen molar-refractivity contribution in [2.75, 3.05) is 43.0 Å². The zero-order valence-corrected chi connectivity index (χ0v) is 18.2. The maximum Gasteiger partial charge on any atom is 0.246 e. The van der Waals surface area contributed by atoms with Gasteiger partial charge in [0.05, 0.1) is 31.3 Å². The highest BCUT2D eigenvalue weighted by Crippen LogP contribution is 2.37. The molecule has 3 aliphatic heterocycles. The van der Waals surface area contributed by atoms with E-state index in [1.165, 1.54) is 22.5 Å². The molecule has 1 aromatic carbocycles. The Bertz CT molecular complexity index is 1040. The van der Waals surface area contributed by atoms with Gasteiger partial charge in [0.1, 0.15) is 10.6 Å². The summed E-state index contributed by atoms with van der Waals surface area (Å²) >= 11 is 0. The number of carbonyl (C=O) groups is 1. The molecule has 3 fully saturated rings. The molecule has 3 aliphatic rings. The summed E-state index contributed by atoms with van der Waals surface area (Å²) in [5.41, 5.74) is -0.00420. The highest BCUT2D eigenvalue weighted by atomic mass is 32.2. The third kappa shape index (κ3) is 3.71.